The lowest BCUT2D eigenvalue weighted by Crippen LogP contribution is -2.14. The molecular weight excluding hydrogens is 276 g/mol. The number of nitrogens with one attached hydrogen (secondary N) is 1. The Morgan fingerprint density at radius 1 is 1.18 bits per heavy atom. The number of amides is 1. The maximum Gasteiger partial charge on any atom is 0.256 e. The highest BCUT2D eigenvalue weighted by Gasteiger charge is 2.15. The first-order valence-electron chi connectivity index (χ1n) is 7.13. The highest BCUT2D eigenvalue weighted by molar-refractivity contribution is 6.12. The van der Waals surface area contributed by atoms with E-state index in [4.69, 9.17) is 0 Å². The van der Waals surface area contributed by atoms with Crippen LogP contribution < -0.4 is 5.32 Å². The van der Waals surface area contributed by atoms with E-state index in [2.05, 4.69) is 15.4 Å². The van der Waals surface area contributed by atoms with Crippen LogP contribution in [0.2, 0.25) is 0 Å². The summed E-state index contributed by atoms with van der Waals surface area (Å²) in [5.74, 6) is -0.141. The first-order valence-corrected chi connectivity index (χ1v) is 7.13. The fourth-order valence-electron chi connectivity index (χ4n) is 2.49. The Kier molecular flexibility index (Phi) is 3.41. The van der Waals surface area contributed by atoms with Gasteiger partial charge in [-0.05, 0) is 44.0 Å². The Morgan fingerprint density at radius 3 is 2.73 bits per heavy atom. The lowest BCUT2D eigenvalue weighted by atomic mass is 10.1. The molecule has 5 heteroatoms. The number of rotatable bonds is 2. The number of nitrogens with zero attached hydrogens (tertiary/aromatic N) is 3. The molecule has 1 N–H and O–H groups in total. The van der Waals surface area contributed by atoms with Crippen LogP contribution in [-0.4, -0.2) is 20.7 Å². The van der Waals surface area contributed by atoms with E-state index in [1.54, 1.807) is 16.9 Å². The van der Waals surface area contributed by atoms with E-state index in [-0.39, 0.29) is 5.91 Å². The summed E-state index contributed by atoms with van der Waals surface area (Å²) in [7, 11) is 1.82. The first kappa shape index (κ1) is 14.3. The molecule has 0 saturated heterocycles. The van der Waals surface area contributed by atoms with Crippen LogP contribution in [0.25, 0.3) is 11.0 Å². The zero-order valence-electron chi connectivity index (χ0n) is 13.1. The second-order valence-corrected chi connectivity index (χ2v) is 5.59. The molecule has 0 aliphatic carbocycles. The van der Waals surface area contributed by atoms with E-state index < -0.39 is 0 Å². The standard InChI is InChI=1S/C17H18N4O/c1-10-5-6-11(2)15(7-10)20-17(22)13-8-12(3)19-16-14(13)9-18-21(16)4/h5-9H,1-4H3,(H,20,22). The molecule has 0 bridgehead atoms. The molecule has 0 spiro atoms. The minimum Gasteiger partial charge on any atom is -0.322 e. The molecule has 0 fully saturated rings. The smallest absolute Gasteiger partial charge is 0.256 e. The Labute approximate surface area is 129 Å². The molecule has 5 nitrogen and oxygen atoms in total. The van der Waals surface area contributed by atoms with Crippen molar-refractivity contribution in [2.45, 2.75) is 20.8 Å². The third kappa shape index (κ3) is 2.45. The number of pyridine rings is 1. The molecule has 112 valence electrons. The molecule has 2 aromatic heterocycles. The number of hydrogen-bond donors (Lipinski definition) is 1. The minimum atomic E-state index is -0.141. The SMILES string of the molecule is Cc1ccc(C)c(NC(=O)c2cc(C)nc3c2cnn3C)c1. The van der Waals surface area contributed by atoms with Crippen LogP contribution in [0.15, 0.2) is 30.5 Å². The van der Waals surface area contributed by atoms with Crippen molar-refractivity contribution < 1.29 is 4.79 Å². The number of aryl methyl sites for hydroxylation is 4. The van der Waals surface area contributed by atoms with Gasteiger partial charge in [-0.2, -0.15) is 5.10 Å². The lowest BCUT2D eigenvalue weighted by Gasteiger charge is -2.10. The van der Waals surface area contributed by atoms with E-state index >= 15 is 0 Å². The van der Waals surface area contributed by atoms with Crippen LogP contribution in [-0.2, 0) is 7.05 Å². The molecule has 1 amide bonds. The van der Waals surface area contributed by atoms with E-state index in [1.807, 2.05) is 46.0 Å². The van der Waals surface area contributed by atoms with Gasteiger partial charge in [-0.15, -0.1) is 0 Å². The van der Waals surface area contributed by atoms with Crippen molar-refractivity contribution in [3.05, 3.63) is 52.8 Å². The number of benzene rings is 1. The summed E-state index contributed by atoms with van der Waals surface area (Å²) < 4.78 is 1.68. The van der Waals surface area contributed by atoms with Crippen LogP contribution in [0, 0.1) is 20.8 Å². The highest BCUT2D eigenvalue weighted by atomic mass is 16.1. The van der Waals surface area contributed by atoms with Gasteiger partial charge in [0.1, 0.15) is 0 Å². The van der Waals surface area contributed by atoms with Crippen LogP contribution in [0.5, 0.6) is 0 Å². The van der Waals surface area contributed by atoms with Crippen molar-refractivity contribution in [2.24, 2.45) is 7.05 Å². The van der Waals surface area contributed by atoms with Gasteiger partial charge in [-0.1, -0.05) is 12.1 Å². The molecule has 0 atom stereocenters. The molecule has 0 aliphatic heterocycles. The van der Waals surface area contributed by atoms with Crippen LogP contribution in [0.4, 0.5) is 5.69 Å². The summed E-state index contributed by atoms with van der Waals surface area (Å²) in [6.45, 7) is 5.86. The van der Waals surface area contributed by atoms with Gasteiger partial charge in [-0.25, -0.2) is 4.98 Å². The Bertz CT molecular complexity index is 880. The van der Waals surface area contributed by atoms with Crippen molar-refractivity contribution in [3.8, 4) is 0 Å². The van der Waals surface area contributed by atoms with Crippen molar-refractivity contribution in [1.82, 2.24) is 14.8 Å². The molecule has 1 aromatic carbocycles. The van der Waals surface area contributed by atoms with Crippen molar-refractivity contribution in [3.63, 3.8) is 0 Å². The van der Waals surface area contributed by atoms with Gasteiger partial charge >= 0.3 is 0 Å². The number of hydrogen-bond acceptors (Lipinski definition) is 3. The monoisotopic (exact) mass is 294 g/mol. The summed E-state index contributed by atoms with van der Waals surface area (Å²) in [5, 5.41) is 7.95. The maximum absolute atomic E-state index is 12.7. The zero-order valence-corrected chi connectivity index (χ0v) is 13.1. The number of fused-ring (bicyclic) bond motifs is 1. The molecule has 0 radical (unpaired) electrons. The average Bonchev–Trinajstić information content (AvgIpc) is 2.83. The third-order valence-electron chi connectivity index (χ3n) is 3.72. The quantitative estimate of drug-likeness (QED) is 0.790. The van der Waals surface area contributed by atoms with E-state index in [0.717, 1.165) is 27.9 Å². The second-order valence-electron chi connectivity index (χ2n) is 5.59. The number of carbonyl (C=O) groups is 1. The molecule has 0 saturated carbocycles. The van der Waals surface area contributed by atoms with Gasteiger partial charge in [-0.3, -0.25) is 9.48 Å². The second kappa shape index (κ2) is 5.26. The predicted molar refractivity (Wildman–Crippen MR) is 87.1 cm³/mol. The van der Waals surface area contributed by atoms with E-state index in [9.17, 15) is 4.79 Å². The Balaban J connectivity index is 2.04. The summed E-state index contributed by atoms with van der Waals surface area (Å²) in [4.78, 5) is 17.1. The summed E-state index contributed by atoms with van der Waals surface area (Å²) in [6.07, 6.45) is 1.68. The summed E-state index contributed by atoms with van der Waals surface area (Å²) >= 11 is 0. The largest absolute Gasteiger partial charge is 0.322 e. The van der Waals surface area contributed by atoms with E-state index in [1.165, 1.54) is 0 Å². The maximum atomic E-state index is 12.7. The molecule has 0 aliphatic rings. The van der Waals surface area contributed by atoms with Crippen molar-refractivity contribution >= 4 is 22.6 Å². The van der Waals surface area contributed by atoms with Crippen LogP contribution in [0.1, 0.15) is 27.2 Å². The Hall–Kier alpha value is -2.69. The lowest BCUT2D eigenvalue weighted by molar-refractivity contribution is 0.102. The molecule has 3 rings (SSSR count). The van der Waals surface area contributed by atoms with Crippen molar-refractivity contribution in [2.75, 3.05) is 5.32 Å². The molecule has 0 unspecified atom stereocenters. The molecular formula is C17H18N4O. The van der Waals surface area contributed by atoms with Gasteiger partial charge in [0.15, 0.2) is 5.65 Å². The zero-order chi connectivity index (χ0) is 15.9. The molecule has 2 heterocycles. The first-order chi connectivity index (χ1) is 10.5. The number of aromatic nitrogens is 3. The fraction of sp³-hybridized carbons (Fsp3) is 0.235. The van der Waals surface area contributed by atoms with Crippen LogP contribution >= 0.6 is 0 Å². The highest BCUT2D eigenvalue weighted by Crippen LogP contribution is 2.21. The van der Waals surface area contributed by atoms with Gasteiger partial charge in [0.05, 0.1) is 17.1 Å². The topological polar surface area (TPSA) is 59.8 Å². The normalized spacial score (nSPS) is 10.9. The predicted octanol–water partition coefficient (Wildman–Crippen LogP) is 3.15. The Morgan fingerprint density at radius 2 is 1.95 bits per heavy atom. The van der Waals surface area contributed by atoms with Gasteiger partial charge in [0, 0.05) is 18.4 Å². The third-order valence-corrected chi connectivity index (χ3v) is 3.72. The number of anilines is 1. The van der Waals surface area contributed by atoms with Crippen molar-refractivity contribution in [1.29, 1.82) is 0 Å². The van der Waals surface area contributed by atoms with Crippen LogP contribution in [0.3, 0.4) is 0 Å². The fourth-order valence-corrected chi connectivity index (χ4v) is 2.49. The minimum absolute atomic E-state index is 0.141. The van der Waals surface area contributed by atoms with Gasteiger partial charge < -0.3 is 5.32 Å². The summed E-state index contributed by atoms with van der Waals surface area (Å²) in [5.41, 5.74) is 5.08. The van der Waals surface area contributed by atoms with Gasteiger partial charge in [0.2, 0.25) is 0 Å². The summed E-state index contributed by atoms with van der Waals surface area (Å²) in [6, 6.07) is 7.80. The average molecular weight is 294 g/mol. The molecule has 3 aromatic rings. The van der Waals surface area contributed by atoms with E-state index in [0.29, 0.717) is 11.2 Å². The molecule has 22 heavy (non-hydrogen) atoms. The number of carbonyl (C=O) groups excluding carboxylic acids is 1. The van der Waals surface area contributed by atoms with Gasteiger partial charge in [0.25, 0.3) is 5.91 Å².